The Morgan fingerprint density at radius 2 is 1.50 bits per heavy atom. The Kier molecular flexibility index (Phi) is 5.24. The molecule has 2 atom stereocenters. The molecular formula is C17H19NOS. The van der Waals surface area contributed by atoms with Crippen LogP contribution in [0.3, 0.4) is 0 Å². The number of thioether (sulfide) groups is 1. The highest BCUT2D eigenvalue weighted by atomic mass is 32.2. The van der Waals surface area contributed by atoms with E-state index in [-0.39, 0.29) is 11.2 Å². The summed E-state index contributed by atoms with van der Waals surface area (Å²) < 4.78 is 0. The molecule has 20 heavy (non-hydrogen) atoms. The van der Waals surface area contributed by atoms with E-state index in [0.29, 0.717) is 5.25 Å². The summed E-state index contributed by atoms with van der Waals surface area (Å²) in [5.74, 6) is 0.0454. The van der Waals surface area contributed by atoms with Crippen molar-refractivity contribution in [2.24, 2.45) is 0 Å². The Morgan fingerprint density at radius 1 is 0.950 bits per heavy atom. The predicted octanol–water partition coefficient (Wildman–Crippen LogP) is 4.51. The maximum absolute atomic E-state index is 12.1. The summed E-state index contributed by atoms with van der Waals surface area (Å²) in [7, 11) is 0. The van der Waals surface area contributed by atoms with Crippen LogP contribution >= 0.6 is 11.8 Å². The van der Waals surface area contributed by atoms with Gasteiger partial charge in [-0.2, -0.15) is 0 Å². The fraction of sp³-hybridized carbons (Fsp3) is 0.235. The lowest BCUT2D eigenvalue weighted by Crippen LogP contribution is -2.23. The van der Waals surface area contributed by atoms with Gasteiger partial charge in [0.1, 0.15) is 0 Å². The normalized spacial score (nSPS) is 13.5. The third kappa shape index (κ3) is 4.14. The van der Waals surface area contributed by atoms with E-state index in [0.717, 1.165) is 5.69 Å². The van der Waals surface area contributed by atoms with Crippen LogP contribution in [0.4, 0.5) is 5.69 Å². The number of benzene rings is 2. The molecule has 0 aliphatic heterocycles. The molecule has 3 heteroatoms. The van der Waals surface area contributed by atoms with Gasteiger partial charge < -0.3 is 5.32 Å². The van der Waals surface area contributed by atoms with Crippen LogP contribution in [-0.2, 0) is 4.79 Å². The summed E-state index contributed by atoms with van der Waals surface area (Å²) in [6.07, 6.45) is 0. The monoisotopic (exact) mass is 285 g/mol. The van der Waals surface area contributed by atoms with Crippen LogP contribution in [0.15, 0.2) is 60.7 Å². The zero-order valence-electron chi connectivity index (χ0n) is 11.7. The zero-order valence-corrected chi connectivity index (χ0v) is 12.6. The molecule has 1 N–H and O–H groups in total. The van der Waals surface area contributed by atoms with Gasteiger partial charge in [0.15, 0.2) is 0 Å². The van der Waals surface area contributed by atoms with E-state index >= 15 is 0 Å². The average Bonchev–Trinajstić information content (AvgIpc) is 2.49. The Labute approximate surface area is 124 Å². The summed E-state index contributed by atoms with van der Waals surface area (Å²) in [5.41, 5.74) is 2.09. The molecule has 2 aromatic carbocycles. The summed E-state index contributed by atoms with van der Waals surface area (Å²) in [4.78, 5) is 12.1. The number of para-hydroxylation sites is 1. The predicted molar refractivity (Wildman–Crippen MR) is 87.0 cm³/mol. The van der Waals surface area contributed by atoms with Crippen molar-refractivity contribution in [1.29, 1.82) is 0 Å². The molecule has 2 unspecified atom stereocenters. The molecule has 2 rings (SSSR count). The van der Waals surface area contributed by atoms with E-state index in [9.17, 15) is 4.79 Å². The van der Waals surface area contributed by atoms with Gasteiger partial charge >= 0.3 is 0 Å². The maximum atomic E-state index is 12.1. The van der Waals surface area contributed by atoms with Crippen LogP contribution in [0.5, 0.6) is 0 Å². The summed E-state index contributed by atoms with van der Waals surface area (Å²) in [6, 6.07) is 19.8. The molecule has 0 radical (unpaired) electrons. The molecule has 2 aromatic rings. The quantitative estimate of drug-likeness (QED) is 0.876. The number of anilines is 1. The highest BCUT2D eigenvalue weighted by Crippen LogP contribution is 2.31. The smallest absolute Gasteiger partial charge is 0.237 e. The Morgan fingerprint density at radius 3 is 2.10 bits per heavy atom. The highest BCUT2D eigenvalue weighted by molar-refractivity contribution is 8.00. The SMILES string of the molecule is CC(SC(C)c1ccccc1)C(=O)Nc1ccccc1. The van der Waals surface area contributed by atoms with Gasteiger partial charge in [-0.15, -0.1) is 11.8 Å². The lowest BCUT2D eigenvalue weighted by molar-refractivity contribution is -0.115. The Bertz CT molecular complexity index is 541. The fourth-order valence-corrected chi connectivity index (χ4v) is 3.05. The van der Waals surface area contributed by atoms with Crippen LogP contribution in [0.1, 0.15) is 24.7 Å². The van der Waals surface area contributed by atoms with Gasteiger partial charge in [0, 0.05) is 10.9 Å². The van der Waals surface area contributed by atoms with Crippen molar-refractivity contribution < 1.29 is 4.79 Å². The van der Waals surface area contributed by atoms with Gasteiger partial charge in [0.25, 0.3) is 0 Å². The van der Waals surface area contributed by atoms with Crippen LogP contribution < -0.4 is 5.32 Å². The number of carbonyl (C=O) groups is 1. The molecular weight excluding hydrogens is 266 g/mol. The second-order valence-corrected chi connectivity index (χ2v) is 6.37. The minimum atomic E-state index is -0.0922. The van der Waals surface area contributed by atoms with Gasteiger partial charge in [-0.05, 0) is 31.5 Å². The molecule has 0 aliphatic rings. The van der Waals surface area contributed by atoms with E-state index in [1.165, 1.54) is 5.56 Å². The third-order valence-electron chi connectivity index (χ3n) is 3.09. The van der Waals surface area contributed by atoms with Crippen LogP contribution in [0.25, 0.3) is 0 Å². The Hall–Kier alpha value is -1.74. The lowest BCUT2D eigenvalue weighted by atomic mass is 10.2. The molecule has 0 fully saturated rings. The van der Waals surface area contributed by atoms with Gasteiger partial charge in [0.05, 0.1) is 5.25 Å². The second kappa shape index (κ2) is 7.15. The standard InChI is InChI=1S/C17H19NOS/c1-13(15-9-5-3-6-10-15)20-14(2)17(19)18-16-11-7-4-8-12-16/h3-14H,1-2H3,(H,18,19). The van der Waals surface area contributed by atoms with E-state index in [1.807, 2.05) is 55.5 Å². The largest absolute Gasteiger partial charge is 0.325 e. The number of hydrogen-bond donors (Lipinski definition) is 1. The summed E-state index contributed by atoms with van der Waals surface area (Å²) >= 11 is 1.67. The van der Waals surface area contributed by atoms with Crippen LogP contribution in [0.2, 0.25) is 0 Å². The van der Waals surface area contributed by atoms with Crippen molar-refractivity contribution >= 4 is 23.4 Å². The van der Waals surface area contributed by atoms with Gasteiger partial charge in [-0.1, -0.05) is 48.5 Å². The topological polar surface area (TPSA) is 29.1 Å². The molecule has 0 bridgehead atoms. The van der Waals surface area contributed by atoms with Crippen LogP contribution in [-0.4, -0.2) is 11.2 Å². The number of carbonyl (C=O) groups excluding carboxylic acids is 1. The van der Waals surface area contributed by atoms with Crippen molar-refractivity contribution in [1.82, 2.24) is 0 Å². The summed E-state index contributed by atoms with van der Waals surface area (Å²) in [5, 5.41) is 3.15. The molecule has 104 valence electrons. The van der Waals surface area contributed by atoms with Crippen molar-refractivity contribution in [2.75, 3.05) is 5.32 Å². The number of nitrogens with one attached hydrogen (secondary N) is 1. The maximum Gasteiger partial charge on any atom is 0.237 e. The van der Waals surface area contributed by atoms with Crippen molar-refractivity contribution in [3.63, 3.8) is 0 Å². The first kappa shape index (κ1) is 14.7. The third-order valence-corrected chi connectivity index (χ3v) is 4.39. The zero-order chi connectivity index (χ0) is 14.4. The van der Waals surface area contributed by atoms with Crippen molar-refractivity contribution in [3.05, 3.63) is 66.2 Å². The van der Waals surface area contributed by atoms with E-state index in [2.05, 4.69) is 24.4 Å². The molecule has 1 amide bonds. The first-order chi connectivity index (χ1) is 9.66. The fourth-order valence-electron chi connectivity index (χ4n) is 1.94. The molecule has 0 aliphatic carbocycles. The molecule has 0 spiro atoms. The Balaban J connectivity index is 1.91. The van der Waals surface area contributed by atoms with Gasteiger partial charge in [-0.25, -0.2) is 0 Å². The average molecular weight is 285 g/mol. The summed E-state index contributed by atoms with van der Waals surface area (Å²) in [6.45, 7) is 4.08. The molecule has 0 heterocycles. The van der Waals surface area contributed by atoms with E-state index in [4.69, 9.17) is 0 Å². The molecule has 2 nitrogen and oxygen atoms in total. The molecule has 0 aromatic heterocycles. The minimum absolute atomic E-state index is 0.0454. The number of rotatable bonds is 5. The van der Waals surface area contributed by atoms with E-state index in [1.54, 1.807) is 11.8 Å². The number of amides is 1. The first-order valence-corrected chi connectivity index (χ1v) is 7.67. The van der Waals surface area contributed by atoms with Gasteiger partial charge in [-0.3, -0.25) is 4.79 Å². The second-order valence-electron chi connectivity index (χ2n) is 4.69. The van der Waals surface area contributed by atoms with Crippen molar-refractivity contribution in [3.8, 4) is 0 Å². The minimum Gasteiger partial charge on any atom is -0.325 e. The van der Waals surface area contributed by atoms with Crippen LogP contribution in [0, 0.1) is 0 Å². The lowest BCUT2D eigenvalue weighted by Gasteiger charge is -2.17. The molecule has 0 saturated heterocycles. The van der Waals surface area contributed by atoms with Crippen molar-refractivity contribution in [2.45, 2.75) is 24.3 Å². The highest BCUT2D eigenvalue weighted by Gasteiger charge is 2.17. The number of hydrogen-bond acceptors (Lipinski definition) is 2. The molecule has 0 saturated carbocycles. The van der Waals surface area contributed by atoms with Gasteiger partial charge in [0.2, 0.25) is 5.91 Å². The first-order valence-electron chi connectivity index (χ1n) is 6.73. The van der Waals surface area contributed by atoms with E-state index < -0.39 is 0 Å².